The van der Waals surface area contributed by atoms with E-state index >= 15 is 0 Å². The van der Waals surface area contributed by atoms with Crippen LogP contribution in [0.5, 0.6) is 0 Å². The zero-order valence-corrected chi connectivity index (χ0v) is 12.9. The number of carbonyl (C=O) groups is 1. The maximum absolute atomic E-state index is 12.2. The first kappa shape index (κ1) is 15.1. The second kappa shape index (κ2) is 6.44. The van der Waals surface area contributed by atoms with Gasteiger partial charge in [-0.15, -0.1) is 5.10 Å². The smallest absolute Gasteiger partial charge is 0.255 e. The molecule has 1 amide bonds. The third kappa shape index (κ3) is 3.63. The molecule has 21 heavy (non-hydrogen) atoms. The summed E-state index contributed by atoms with van der Waals surface area (Å²) in [6, 6.07) is 1.77. The average molecular weight is 307 g/mol. The lowest BCUT2D eigenvalue weighted by atomic mass is 10.2. The molecule has 112 valence electrons. The molecule has 0 saturated carbocycles. The van der Waals surface area contributed by atoms with Crippen LogP contribution in [-0.2, 0) is 13.6 Å². The van der Waals surface area contributed by atoms with Crippen molar-refractivity contribution in [2.75, 3.05) is 5.32 Å². The highest BCUT2D eigenvalue weighted by Crippen LogP contribution is 2.11. The van der Waals surface area contributed by atoms with E-state index in [-0.39, 0.29) is 18.5 Å². The van der Waals surface area contributed by atoms with Crippen molar-refractivity contribution in [1.29, 1.82) is 0 Å². The molecule has 9 heteroatoms. The number of H-pyrrole nitrogens is 1. The number of aromatic nitrogens is 5. The summed E-state index contributed by atoms with van der Waals surface area (Å²) in [7, 11) is 1.78. The second-order valence-corrected chi connectivity index (χ2v) is 5.17. The number of hydrogen-bond donors (Lipinski definition) is 3. The lowest BCUT2D eigenvalue weighted by Gasteiger charge is -2.12. The number of anilines is 1. The summed E-state index contributed by atoms with van der Waals surface area (Å²) in [6.45, 7) is 4.20. The van der Waals surface area contributed by atoms with Crippen LogP contribution in [0.4, 0.5) is 5.82 Å². The highest BCUT2D eigenvalue weighted by Gasteiger charge is 2.14. The van der Waals surface area contributed by atoms with Gasteiger partial charge in [-0.3, -0.25) is 9.89 Å². The van der Waals surface area contributed by atoms with E-state index in [4.69, 9.17) is 12.2 Å². The summed E-state index contributed by atoms with van der Waals surface area (Å²) >= 11 is 5.02. The van der Waals surface area contributed by atoms with Crippen molar-refractivity contribution in [3.63, 3.8) is 0 Å². The fourth-order valence-electron chi connectivity index (χ4n) is 1.69. The Labute approximate surface area is 127 Å². The van der Waals surface area contributed by atoms with Crippen LogP contribution in [0.1, 0.15) is 30.0 Å². The van der Waals surface area contributed by atoms with Crippen LogP contribution in [0, 0.1) is 4.77 Å². The molecule has 3 N–H and O–H groups in total. The standard InChI is InChI=1S/C12H17N7OS/c1-7(2)15-10-8(4-5-14-17-10)11(20)13-6-9-16-18-12(21)19(9)3/h4-5,7H,6H2,1-3H3,(H,13,20)(H,15,17)(H,18,21). The fourth-order valence-corrected chi connectivity index (χ4v) is 1.84. The number of amides is 1. The van der Waals surface area contributed by atoms with Gasteiger partial charge < -0.3 is 15.2 Å². The number of rotatable bonds is 5. The van der Waals surface area contributed by atoms with Gasteiger partial charge >= 0.3 is 0 Å². The zero-order chi connectivity index (χ0) is 15.4. The van der Waals surface area contributed by atoms with Gasteiger partial charge in [-0.2, -0.15) is 10.2 Å². The molecule has 2 aromatic heterocycles. The molecule has 0 spiro atoms. The van der Waals surface area contributed by atoms with E-state index in [2.05, 4.69) is 31.0 Å². The molecule has 2 aromatic rings. The normalized spacial score (nSPS) is 10.7. The van der Waals surface area contributed by atoms with E-state index in [9.17, 15) is 4.79 Å². The van der Waals surface area contributed by atoms with Crippen molar-refractivity contribution in [1.82, 2.24) is 30.3 Å². The van der Waals surface area contributed by atoms with Crippen molar-refractivity contribution in [3.8, 4) is 0 Å². The van der Waals surface area contributed by atoms with E-state index in [0.717, 1.165) is 0 Å². The number of aromatic amines is 1. The molecule has 2 heterocycles. The largest absolute Gasteiger partial charge is 0.366 e. The van der Waals surface area contributed by atoms with Crippen LogP contribution in [0.15, 0.2) is 12.3 Å². The predicted molar refractivity (Wildman–Crippen MR) is 80.4 cm³/mol. The first-order valence-electron chi connectivity index (χ1n) is 6.45. The number of hydrogen-bond acceptors (Lipinski definition) is 6. The molecule has 8 nitrogen and oxygen atoms in total. The van der Waals surface area contributed by atoms with Crippen LogP contribution in [0.2, 0.25) is 0 Å². The number of carbonyl (C=O) groups excluding carboxylic acids is 1. The Balaban J connectivity index is 2.10. The van der Waals surface area contributed by atoms with Gasteiger partial charge in [0.2, 0.25) is 0 Å². The fraction of sp³-hybridized carbons (Fsp3) is 0.417. The Kier molecular flexibility index (Phi) is 4.63. The molecule has 0 unspecified atom stereocenters. The lowest BCUT2D eigenvalue weighted by Crippen LogP contribution is -2.26. The monoisotopic (exact) mass is 307 g/mol. The summed E-state index contributed by atoms with van der Waals surface area (Å²) in [5.74, 6) is 0.857. The third-order valence-electron chi connectivity index (χ3n) is 2.77. The number of nitrogens with zero attached hydrogens (tertiary/aromatic N) is 4. The minimum absolute atomic E-state index is 0.153. The third-order valence-corrected chi connectivity index (χ3v) is 3.14. The maximum atomic E-state index is 12.2. The summed E-state index contributed by atoms with van der Waals surface area (Å²) in [5, 5.41) is 20.3. The van der Waals surface area contributed by atoms with Gasteiger partial charge in [0.1, 0.15) is 0 Å². The first-order valence-corrected chi connectivity index (χ1v) is 6.86. The Morgan fingerprint density at radius 3 is 2.90 bits per heavy atom. The molecule has 0 bridgehead atoms. The molecular weight excluding hydrogens is 290 g/mol. The van der Waals surface area contributed by atoms with Gasteiger partial charge in [-0.1, -0.05) is 0 Å². The summed E-state index contributed by atoms with van der Waals surface area (Å²) < 4.78 is 2.21. The molecule has 0 aliphatic heterocycles. The van der Waals surface area contributed by atoms with Gasteiger partial charge in [0.05, 0.1) is 18.3 Å². The van der Waals surface area contributed by atoms with Crippen LogP contribution in [0.25, 0.3) is 0 Å². The summed E-state index contributed by atoms with van der Waals surface area (Å²) in [5.41, 5.74) is 0.440. The minimum Gasteiger partial charge on any atom is -0.366 e. The predicted octanol–water partition coefficient (Wildman–Crippen LogP) is 1.02. The summed E-state index contributed by atoms with van der Waals surface area (Å²) in [4.78, 5) is 12.2. The average Bonchev–Trinajstić information content (AvgIpc) is 2.76. The maximum Gasteiger partial charge on any atom is 0.255 e. The second-order valence-electron chi connectivity index (χ2n) is 4.78. The van der Waals surface area contributed by atoms with Crippen molar-refractivity contribution in [3.05, 3.63) is 28.4 Å². The quantitative estimate of drug-likeness (QED) is 0.713. The van der Waals surface area contributed by atoms with Crippen molar-refractivity contribution >= 4 is 23.9 Å². The first-order chi connectivity index (χ1) is 9.99. The molecule has 0 aliphatic carbocycles. The van der Waals surface area contributed by atoms with Crippen molar-refractivity contribution in [2.45, 2.75) is 26.4 Å². The van der Waals surface area contributed by atoms with E-state index in [1.807, 2.05) is 13.8 Å². The molecule has 0 aromatic carbocycles. The minimum atomic E-state index is -0.248. The highest BCUT2D eigenvalue weighted by molar-refractivity contribution is 7.71. The van der Waals surface area contributed by atoms with E-state index in [0.29, 0.717) is 22.0 Å². The number of nitrogens with one attached hydrogen (secondary N) is 3. The van der Waals surface area contributed by atoms with E-state index < -0.39 is 0 Å². The lowest BCUT2D eigenvalue weighted by molar-refractivity contribution is 0.0950. The van der Waals surface area contributed by atoms with Crippen LogP contribution < -0.4 is 10.6 Å². The van der Waals surface area contributed by atoms with E-state index in [1.165, 1.54) is 6.20 Å². The molecule has 0 fully saturated rings. The van der Waals surface area contributed by atoms with Crippen molar-refractivity contribution in [2.24, 2.45) is 7.05 Å². The molecule has 0 aliphatic rings. The van der Waals surface area contributed by atoms with E-state index in [1.54, 1.807) is 17.7 Å². The van der Waals surface area contributed by atoms with Gasteiger partial charge in [-0.25, -0.2) is 0 Å². The zero-order valence-electron chi connectivity index (χ0n) is 12.0. The highest BCUT2D eigenvalue weighted by atomic mass is 32.1. The summed E-state index contributed by atoms with van der Waals surface area (Å²) in [6.07, 6.45) is 1.48. The molecule has 0 radical (unpaired) electrons. The van der Waals surface area contributed by atoms with Gasteiger partial charge in [0.25, 0.3) is 5.91 Å². The van der Waals surface area contributed by atoms with Crippen LogP contribution in [0.3, 0.4) is 0 Å². The van der Waals surface area contributed by atoms with Gasteiger partial charge in [0, 0.05) is 13.1 Å². The molecule has 0 atom stereocenters. The molecular formula is C12H17N7OS. The topological polar surface area (TPSA) is 101 Å². The Bertz CT molecular complexity index is 691. The molecule has 2 rings (SSSR count). The van der Waals surface area contributed by atoms with Crippen molar-refractivity contribution < 1.29 is 4.79 Å². The molecule has 0 saturated heterocycles. The Morgan fingerprint density at radius 2 is 2.29 bits per heavy atom. The van der Waals surface area contributed by atoms with Crippen LogP contribution in [-0.4, -0.2) is 36.9 Å². The Morgan fingerprint density at radius 1 is 1.52 bits per heavy atom. The van der Waals surface area contributed by atoms with Gasteiger partial charge in [-0.05, 0) is 32.1 Å². The Hall–Kier alpha value is -2.29. The SMILES string of the molecule is CC(C)Nc1nnccc1C(=O)NCc1n[nH]c(=S)n1C. The van der Waals surface area contributed by atoms with Crippen LogP contribution >= 0.6 is 12.2 Å². The van der Waals surface area contributed by atoms with Gasteiger partial charge in [0.15, 0.2) is 16.4 Å².